The number of aryl methyl sites for hydroxylation is 1. The number of fused-ring (bicyclic) bond motifs is 1. The summed E-state index contributed by atoms with van der Waals surface area (Å²) in [6.07, 6.45) is 2.60. The number of aliphatic hydroxyl groups excluding tert-OH is 1. The molecule has 3 aromatic rings. The molecule has 0 saturated carbocycles. The van der Waals surface area contributed by atoms with Crippen molar-refractivity contribution in [1.29, 1.82) is 0 Å². The summed E-state index contributed by atoms with van der Waals surface area (Å²) in [7, 11) is 1.53. The number of Topliss-reactive ketones (excluding diaryl/α,β-unsaturated/α-hetero) is 1. The molecule has 38 heavy (non-hydrogen) atoms. The van der Waals surface area contributed by atoms with E-state index in [9.17, 15) is 14.7 Å². The summed E-state index contributed by atoms with van der Waals surface area (Å²) in [5, 5.41) is 20.6. The van der Waals surface area contributed by atoms with Gasteiger partial charge in [-0.3, -0.25) is 14.5 Å². The minimum atomic E-state index is -0.940. The first-order chi connectivity index (χ1) is 18.3. The Balaban J connectivity index is 1.64. The molecule has 5 rings (SSSR count). The smallest absolute Gasteiger partial charge is 0.301 e. The third kappa shape index (κ3) is 4.60. The molecule has 2 aliphatic heterocycles. The van der Waals surface area contributed by atoms with Crippen molar-refractivity contribution in [2.24, 2.45) is 0 Å². The van der Waals surface area contributed by atoms with Gasteiger partial charge in [-0.05, 0) is 61.7 Å². The Kier molecular flexibility index (Phi) is 7.07. The monoisotopic (exact) mass is 535 g/mol. The number of aliphatic hydroxyl groups is 1. The van der Waals surface area contributed by atoms with Crippen LogP contribution in [0.15, 0.2) is 42.0 Å². The van der Waals surface area contributed by atoms with Crippen LogP contribution in [0.3, 0.4) is 0 Å². The molecule has 2 atom stereocenters. The second-order valence-corrected chi connectivity index (χ2v) is 10.5. The zero-order valence-corrected chi connectivity index (χ0v) is 22.5. The maximum Gasteiger partial charge on any atom is 0.301 e. The largest absolute Gasteiger partial charge is 0.507 e. The van der Waals surface area contributed by atoms with Crippen molar-refractivity contribution < 1.29 is 28.9 Å². The highest BCUT2D eigenvalue weighted by molar-refractivity contribution is 7.15. The number of anilines is 1. The van der Waals surface area contributed by atoms with Crippen LogP contribution in [-0.4, -0.2) is 46.8 Å². The van der Waals surface area contributed by atoms with Crippen LogP contribution in [-0.2, 0) is 16.0 Å². The van der Waals surface area contributed by atoms with E-state index in [0.29, 0.717) is 40.7 Å². The molecule has 9 nitrogen and oxygen atoms in total. The molecule has 1 aromatic heterocycles. The molecule has 1 amide bonds. The number of aromatic nitrogens is 2. The van der Waals surface area contributed by atoms with E-state index in [2.05, 4.69) is 17.1 Å². The van der Waals surface area contributed by atoms with Crippen molar-refractivity contribution in [2.45, 2.75) is 52.2 Å². The van der Waals surface area contributed by atoms with Crippen molar-refractivity contribution >= 4 is 33.9 Å². The highest BCUT2D eigenvalue weighted by Gasteiger charge is 2.48. The summed E-state index contributed by atoms with van der Waals surface area (Å²) in [6, 6.07) is 9.58. The first-order valence-electron chi connectivity index (χ1n) is 12.5. The molecular weight excluding hydrogens is 506 g/mol. The van der Waals surface area contributed by atoms with E-state index in [1.807, 2.05) is 6.92 Å². The Morgan fingerprint density at radius 1 is 1.18 bits per heavy atom. The molecule has 0 unspecified atom stereocenters. The van der Waals surface area contributed by atoms with Crippen LogP contribution in [0, 0.1) is 6.92 Å². The zero-order chi connectivity index (χ0) is 27.0. The van der Waals surface area contributed by atoms with E-state index in [0.717, 1.165) is 24.2 Å². The van der Waals surface area contributed by atoms with Crippen molar-refractivity contribution in [3.63, 3.8) is 0 Å². The van der Waals surface area contributed by atoms with Crippen LogP contribution in [0.2, 0.25) is 0 Å². The Hall–Kier alpha value is -3.92. The summed E-state index contributed by atoms with van der Waals surface area (Å²) >= 11 is 1.20. The van der Waals surface area contributed by atoms with E-state index in [-0.39, 0.29) is 22.6 Å². The van der Waals surface area contributed by atoms with Crippen molar-refractivity contribution in [2.75, 3.05) is 18.6 Å². The van der Waals surface area contributed by atoms with Gasteiger partial charge in [-0.25, -0.2) is 0 Å². The molecule has 2 aliphatic rings. The van der Waals surface area contributed by atoms with Crippen LogP contribution in [0.1, 0.15) is 54.4 Å². The fraction of sp³-hybridized carbons (Fsp3) is 0.357. The molecule has 1 fully saturated rings. The van der Waals surface area contributed by atoms with Gasteiger partial charge in [0.15, 0.2) is 11.5 Å². The number of ketones is 1. The van der Waals surface area contributed by atoms with Gasteiger partial charge >= 0.3 is 5.91 Å². The number of unbranched alkanes of at least 4 members (excludes halogenated alkanes) is 1. The van der Waals surface area contributed by atoms with Gasteiger partial charge in [0.25, 0.3) is 5.78 Å². The minimum absolute atomic E-state index is 0.0270. The number of benzene rings is 2. The SMILES string of the molecule is CCCCOc1ccc([C@H]2C(=C(O)c3ccc4c(c3)C[C@H](C)O4)C(=O)C(=O)N2c2nnc(C)s2)cc1OC. The van der Waals surface area contributed by atoms with Gasteiger partial charge < -0.3 is 19.3 Å². The molecule has 198 valence electrons. The zero-order valence-electron chi connectivity index (χ0n) is 21.7. The third-order valence-electron chi connectivity index (χ3n) is 6.59. The average Bonchev–Trinajstić information content (AvgIpc) is 3.58. The van der Waals surface area contributed by atoms with Crippen LogP contribution in [0.5, 0.6) is 17.2 Å². The van der Waals surface area contributed by atoms with Gasteiger partial charge in [0.2, 0.25) is 5.13 Å². The number of amides is 1. The second kappa shape index (κ2) is 10.4. The van der Waals surface area contributed by atoms with Gasteiger partial charge in [-0.15, -0.1) is 10.2 Å². The van der Waals surface area contributed by atoms with Crippen molar-refractivity contribution in [3.8, 4) is 17.2 Å². The Morgan fingerprint density at radius 2 is 2.00 bits per heavy atom. The van der Waals surface area contributed by atoms with Gasteiger partial charge in [0.1, 0.15) is 22.6 Å². The van der Waals surface area contributed by atoms with Crippen LogP contribution < -0.4 is 19.1 Å². The molecule has 10 heteroatoms. The fourth-order valence-electron chi connectivity index (χ4n) is 4.75. The third-order valence-corrected chi connectivity index (χ3v) is 7.43. The molecule has 1 saturated heterocycles. The number of carbonyl (C=O) groups is 2. The van der Waals surface area contributed by atoms with E-state index in [1.165, 1.54) is 23.3 Å². The normalized spacial score (nSPS) is 19.9. The highest BCUT2D eigenvalue weighted by Crippen LogP contribution is 2.45. The van der Waals surface area contributed by atoms with E-state index in [1.54, 1.807) is 43.3 Å². The lowest BCUT2D eigenvalue weighted by molar-refractivity contribution is -0.132. The summed E-state index contributed by atoms with van der Waals surface area (Å²) in [5.41, 5.74) is 1.90. The summed E-state index contributed by atoms with van der Waals surface area (Å²) in [4.78, 5) is 28.1. The topological polar surface area (TPSA) is 111 Å². The van der Waals surface area contributed by atoms with Crippen LogP contribution >= 0.6 is 11.3 Å². The lowest BCUT2D eigenvalue weighted by Crippen LogP contribution is -2.29. The van der Waals surface area contributed by atoms with Crippen LogP contribution in [0.4, 0.5) is 5.13 Å². The number of hydrogen-bond acceptors (Lipinski definition) is 9. The highest BCUT2D eigenvalue weighted by atomic mass is 32.1. The number of carbonyl (C=O) groups excluding carboxylic acids is 2. The van der Waals surface area contributed by atoms with Gasteiger partial charge in [-0.1, -0.05) is 30.7 Å². The summed E-state index contributed by atoms with van der Waals surface area (Å²) in [6.45, 7) is 6.36. The predicted molar refractivity (Wildman–Crippen MR) is 143 cm³/mol. The maximum atomic E-state index is 13.4. The molecule has 1 N–H and O–H groups in total. The fourth-order valence-corrected chi connectivity index (χ4v) is 5.47. The van der Waals surface area contributed by atoms with E-state index < -0.39 is 17.7 Å². The molecule has 0 aliphatic carbocycles. The molecule has 2 aromatic carbocycles. The predicted octanol–water partition coefficient (Wildman–Crippen LogP) is 4.98. The summed E-state index contributed by atoms with van der Waals surface area (Å²) < 4.78 is 17.2. The Morgan fingerprint density at radius 3 is 2.71 bits per heavy atom. The average molecular weight is 536 g/mol. The molecule has 0 spiro atoms. The number of methoxy groups -OCH3 is 1. The van der Waals surface area contributed by atoms with Gasteiger partial charge in [0.05, 0.1) is 25.3 Å². The number of hydrogen-bond donors (Lipinski definition) is 1. The van der Waals surface area contributed by atoms with E-state index in [4.69, 9.17) is 14.2 Å². The molecule has 0 radical (unpaired) electrons. The van der Waals surface area contributed by atoms with E-state index >= 15 is 0 Å². The van der Waals surface area contributed by atoms with Gasteiger partial charge in [-0.2, -0.15) is 0 Å². The maximum absolute atomic E-state index is 13.4. The molecule has 0 bridgehead atoms. The molecular formula is C28H29N3O6S. The lowest BCUT2D eigenvalue weighted by atomic mass is 9.94. The number of ether oxygens (including phenoxy) is 3. The second-order valence-electron chi connectivity index (χ2n) is 9.34. The van der Waals surface area contributed by atoms with Crippen molar-refractivity contribution in [1.82, 2.24) is 10.2 Å². The molecule has 3 heterocycles. The number of rotatable bonds is 8. The quantitative estimate of drug-likeness (QED) is 0.186. The first kappa shape index (κ1) is 25.7. The standard InChI is InChI=1S/C28H29N3O6S/c1-5-6-11-36-21-10-7-17(14-22(21)35-4)24-23(26(33)27(34)31(24)28-30-29-16(3)38-28)25(32)18-8-9-20-19(13-18)12-15(2)37-20/h7-10,13-15,24,32H,5-6,11-12H2,1-4H3/t15-,24-/m0/s1. The lowest BCUT2D eigenvalue weighted by Gasteiger charge is -2.23. The van der Waals surface area contributed by atoms with Gasteiger partial charge in [0, 0.05) is 12.0 Å². The summed E-state index contributed by atoms with van der Waals surface area (Å²) in [5.74, 6) is -0.0799. The van der Waals surface area contributed by atoms with Crippen LogP contribution in [0.25, 0.3) is 5.76 Å². The van der Waals surface area contributed by atoms with Crippen molar-refractivity contribution in [3.05, 3.63) is 63.7 Å². The Labute approximate surface area is 224 Å². The minimum Gasteiger partial charge on any atom is -0.507 e. The number of nitrogens with zero attached hydrogens (tertiary/aromatic N) is 3. The first-order valence-corrected chi connectivity index (χ1v) is 13.4. The Bertz CT molecular complexity index is 1430.